The first-order valence-corrected chi connectivity index (χ1v) is 5.13. The Morgan fingerprint density at radius 1 is 1.08 bits per heavy atom. The summed E-state index contributed by atoms with van der Waals surface area (Å²) in [6, 6.07) is 0. The molecule has 1 saturated carbocycles. The minimum absolute atomic E-state index is 0. The van der Waals surface area contributed by atoms with Crippen molar-refractivity contribution in [3.8, 4) is 0 Å². The molecule has 1 aliphatic heterocycles. The maximum atomic E-state index is 5.29. The van der Waals surface area contributed by atoms with E-state index < -0.39 is 0 Å². The number of methoxy groups -OCH3 is 1. The van der Waals surface area contributed by atoms with Crippen LogP contribution in [0, 0.1) is 11.8 Å². The van der Waals surface area contributed by atoms with E-state index in [0.29, 0.717) is 6.10 Å². The Kier molecular flexibility index (Phi) is 4.50. The van der Waals surface area contributed by atoms with Gasteiger partial charge in [-0.3, -0.25) is 0 Å². The summed E-state index contributed by atoms with van der Waals surface area (Å²) >= 11 is 0. The molecule has 2 rings (SSSR count). The molecule has 0 spiro atoms. The van der Waals surface area contributed by atoms with E-state index >= 15 is 0 Å². The second kappa shape index (κ2) is 5.18. The number of ether oxygens (including phenoxy) is 1. The van der Waals surface area contributed by atoms with Crippen LogP contribution in [0.25, 0.3) is 0 Å². The molecule has 0 unspecified atom stereocenters. The van der Waals surface area contributed by atoms with Crippen LogP contribution in [0.2, 0.25) is 0 Å². The lowest BCUT2D eigenvalue weighted by atomic mass is 9.70. The topological polar surface area (TPSA) is 21.3 Å². The molecule has 1 saturated heterocycles. The Hall–Kier alpha value is 0.210. The molecule has 78 valence electrons. The molecule has 1 aliphatic carbocycles. The average molecular weight is 206 g/mol. The van der Waals surface area contributed by atoms with Gasteiger partial charge in [0.2, 0.25) is 0 Å². The van der Waals surface area contributed by atoms with Gasteiger partial charge in [-0.25, -0.2) is 0 Å². The number of nitrogens with one attached hydrogen (secondary N) is 1. The molecule has 0 aromatic carbocycles. The number of rotatable bonds is 2. The van der Waals surface area contributed by atoms with Gasteiger partial charge in [0.1, 0.15) is 0 Å². The molecule has 0 amide bonds. The number of piperidine rings is 1. The minimum atomic E-state index is 0. The second-order valence-corrected chi connectivity index (χ2v) is 4.18. The Morgan fingerprint density at radius 2 is 1.69 bits per heavy atom. The van der Waals surface area contributed by atoms with E-state index in [0.717, 1.165) is 11.8 Å². The fraction of sp³-hybridized carbons (Fsp3) is 1.00. The molecule has 13 heavy (non-hydrogen) atoms. The molecule has 2 aliphatic rings. The van der Waals surface area contributed by atoms with E-state index in [1.807, 2.05) is 7.11 Å². The third-order valence-corrected chi connectivity index (χ3v) is 3.52. The number of hydrogen-bond donors (Lipinski definition) is 1. The van der Waals surface area contributed by atoms with E-state index in [4.69, 9.17) is 4.74 Å². The van der Waals surface area contributed by atoms with Gasteiger partial charge in [0.25, 0.3) is 0 Å². The normalized spacial score (nSPS) is 34.8. The SMILES string of the molecule is COC1CC(C2CCNCC2)C1.Cl. The second-order valence-electron chi connectivity index (χ2n) is 4.18. The lowest BCUT2D eigenvalue weighted by Gasteiger charge is -2.41. The molecular formula is C10H20ClNO. The van der Waals surface area contributed by atoms with E-state index in [2.05, 4.69) is 5.32 Å². The highest BCUT2D eigenvalue weighted by atomic mass is 35.5. The van der Waals surface area contributed by atoms with Crippen molar-refractivity contribution in [3.63, 3.8) is 0 Å². The van der Waals surface area contributed by atoms with Gasteiger partial charge in [-0.1, -0.05) is 0 Å². The van der Waals surface area contributed by atoms with Crippen LogP contribution in [0.5, 0.6) is 0 Å². The lowest BCUT2D eigenvalue weighted by Crippen LogP contribution is -2.40. The van der Waals surface area contributed by atoms with E-state index in [9.17, 15) is 0 Å². The fourth-order valence-electron chi connectivity index (χ4n) is 2.50. The summed E-state index contributed by atoms with van der Waals surface area (Å²) in [4.78, 5) is 0. The molecule has 1 N–H and O–H groups in total. The maximum Gasteiger partial charge on any atom is 0.0576 e. The Morgan fingerprint density at radius 3 is 2.23 bits per heavy atom. The zero-order valence-electron chi connectivity index (χ0n) is 8.29. The summed E-state index contributed by atoms with van der Waals surface area (Å²) in [5, 5.41) is 3.41. The molecular weight excluding hydrogens is 186 g/mol. The van der Waals surface area contributed by atoms with Gasteiger partial charge in [0.15, 0.2) is 0 Å². The van der Waals surface area contributed by atoms with Gasteiger partial charge in [-0.05, 0) is 50.6 Å². The van der Waals surface area contributed by atoms with E-state index in [-0.39, 0.29) is 12.4 Å². The molecule has 2 nitrogen and oxygen atoms in total. The van der Waals surface area contributed by atoms with Crippen LogP contribution in [0.15, 0.2) is 0 Å². The predicted molar refractivity (Wildman–Crippen MR) is 56.4 cm³/mol. The van der Waals surface area contributed by atoms with Crippen molar-refractivity contribution >= 4 is 12.4 Å². The highest BCUT2D eigenvalue weighted by molar-refractivity contribution is 5.85. The minimum Gasteiger partial charge on any atom is -0.381 e. The lowest BCUT2D eigenvalue weighted by molar-refractivity contribution is -0.0253. The van der Waals surface area contributed by atoms with Crippen LogP contribution in [-0.4, -0.2) is 26.3 Å². The van der Waals surface area contributed by atoms with Gasteiger partial charge in [0.05, 0.1) is 6.10 Å². The van der Waals surface area contributed by atoms with Crippen molar-refractivity contribution in [1.82, 2.24) is 5.32 Å². The smallest absolute Gasteiger partial charge is 0.0576 e. The summed E-state index contributed by atoms with van der Waals surface area (Å²) in [5.41, 5.74) is 0. The molecule has 0 bridgehead atoms. The first-order valence-electron chi connectivity index (χ1n) is 5.13. The maximum absolute atomic E-state index is 5.29. The molecule has 0 aromatic rings. The molecule has 1 heterocycles. The molecule has 0 atom stereocenters. The largest absolute Gasteiger partial charge is 0.381 e. The van der Waals surface area contributed by atoms with Crippen LogP contribution in [0.3, 0.4) is 0 Å². The molecule has 3 heteroatoms. The average Bonchev–Trinajstić information content (AvgIpc) is 2.04. The Bertz CT molecular complexity index is 142. The van der Waals surface area contributed by atoms with Crippen molar-refractivity contribution in [2.75, 3.05) is 20.2 Å². The van der Waals surface area contributed by atoms with Crippen molar-refractivity contribution in [3.05, 3.63) is 0 Å². The molecule has 2 fully saturated rings. The summed E-state index contributed by atoms with van der Waals surface area (Å²) in [7, 11) is 1.84. The first kappa shape index (κ1) is 11.3. The number of halogens is 1. The van der Waals surface area contributed by atoms with Crippen molar-refractivity contribution in [2.24, 2.45) is 11.8 Å². The Labute approximate surface area is 86.8 Å². The van der Waals surface area contributed by atoms with Crippen LogP contribution >= 0.6 is 12.4 Å². The van der Waals surface area contributed by atoms with Crippen LogP contribution in [0.4, 0.5) is 0 Å². The van der Waals surface area contributed by atoms with Crippen molar-refractivity contribution < 1.29 is 4.74 Å². The quantitative estimate of drug-likeness (QED) is 0.743. The standard InChI is InChI=1S/C10H19NO.ClH/c1-12-10-6-9(7-10)8-2-4-11-5-3-8;/h8-11H,2-7H2,1H3;1H. The van der Waals surface area contributed by atoms with Gasteiger partial charge >= 0.3 is 0 Å². The Balaban J connectivity index is 0.000000845. The highest BCUT2D eigenvalue weighted by Crippen LogP contribution is 2.39. The first-order chi connectivity index (χ1) is 5.90. The van der Waals surface area contributed by atoms with Crippen LogP contribution in [-0.2, 0) is 4.74 Å². The van der Waals surface area contributed by atoms with Crippen molar-refractivity contribution in [2.45, 2.75) is 31.8 Å². The third-order valence-electron chi connectivity index (χ3n) is 3.52. The van der Waals surface area contributed by atoms with E-state index in [1.54, 1.807) is 0 Å². The summed E-state index contributed by atoms with van der Waals surface area (Å²) < 4.78 is 5.29. The zero-order chi connectivity index (χ0) is 8.39. The van der Waals surface area contributed by atoms with Crippen LogP contribution < -0.4 is 5.32 Å². The molecule has 0 aromatic heterocycles. The summed E-state index contributed by atoms with van der Waals surface area (Å²) in [5.74, 6) is 1.98. The van der Waals surface area contributed by atoms with Crippen LogP contribution in [0.1, 0.15) is 25.7 Å². The van der Waals surface area contributed by atoms with Crippen molar-refractivity contribution in [1.29, 1.82) is 0 Å². The van der Waals surface area contributed by atoms with Gasteiger partial charge in [-0.15, -0.1) is 12.4 Å². The third kappa shape index (κ3) is 2.58. The van der Waals surface area contributed by atoms with E-state index in [1.165, 1.54) is 38.8 Å². The number of hydrogen-bond acceptors (Lipinski definition) is 2. The predicted octanol–water partition coefficient (Wildman–Crippen LogP) is 1.83. The molecule has 0 radical (unpaired) electrons. The fourth-order valence-corrected chi connectivity index (χ4v) is 2.50. The monoisotopic (exact) mass is 205 g/mol. The zero-order valence-corrected chi connectivity index (χ0v) is 9.11. The summed E-state index contributed by atoms with van der Waals surface area (Å²) in [6.07, 6.45) is 6.01. The van der Waals surface area contributed by atoms with Gasteiger partial charge in [0, 0.05) is 7.11 Å². The van der Waals surface area contributed by atoms with Gasteiger partial charge in [-0.2, -0.15) is 0 Å². The highest BCUT2D eigenvalue weighted by Gasteiger charge is 2.35. The summed E-state index contributed by atoms with van der Waals surface area (Å²) in [6.45, 7) is 2.47. The van der Waals surface area contributed by atoms with Gasteiger partial charge < -0.3 is 10.1 Å².